The highest BCUT2D eigenvalue weighted by Crippen LogP contribution is 2.34. The fourth-order valence-electron chi connectivity index (χ4n) is 2.84. The smallest absolute Gasteiger partial charge is 0.132 e. The molecule has 110 valence electrons. The Kier molecular flexibility index (Phi) is 4.32. The molecule has 0 aromatic heterocycles. The number of rotatable bonds is 4. The number of nitrogens with one attached hydrogen (secondary N) is 1. The fraction of sp³-hybridized carbons (Fsp3) is 0.333. The first-order valence-corrected chi connectivity index (χ1v) is 8.23. The molecule has 21 heavy (non-hydrogen) atoms. The number of hydrogen-bond donors (Lipinski definition) is 1. The standard InChI is InChI=1S/C18H20BrNO/c1-12(20-2)17-11-15(19)7-9-18(17)21-16-8-6-13-4-3-5-14(13)10-16/h6-12,20H,3-5H2,1-2H3. The number of benzene rings is 2. The Morgan fingerprint density at radius 3 is 2.71 bits per heavy atom. The monoisotopic (exact) mass is 345 g/mol. The van der Waals surface area contributed by atoms with Crippen LogP contribution < -0.4 is 10.1 Å². The minimum absolute atomic E-state index is 0.243. The Labute approximate surface area is 134 Å². The summed E-state index contributed by atoms with van der Waals surface area (Å²) in [7, 11) is 1.96. The van der Waals surface area contributed by atoms with Gasteiger partial charge in [-0.05, 0) is 74.7 Å². The molecular weight excluding hydrogens is 326 g/mol. The average Bonchev–Trinajstić information content (AvgIpc) is 2.96. The highest BCUT2D eigenvalue weighted by Gasteiger charge is 2.14. The van der Waals surface area contributed by atoms with Crippen molar-refractivity contribution >= 4 is 15.9 Å². The molecule has 0 fully saturated rings. The molecule has 1 aliphatic rings. The van der Waals surface area contributed by atoms with Crippen LogP contribution in [0.1, 0.15) is 36.1 Å². The minimum Gasteiger partial charge on any atom is -0.457 e. The Morgan fingerprint density at radius 2 is 1.90 bits per heavy atom. The second-order valence-electron chi connectivity index (χ2n) is 5.58. The molecule has 0 radical (unpaired) electrons. The molecule has 0 spiro atoms. The average molecular weight is 346 g/mol. The zero-order valence-corrected chi connectivity index (χ0v) is 14.0. The maximum absolute atomic E-state index is 6.15. The third kappa shape index (κ3) is 3.14. The van der Waals surface area contributed by atoms with Crippen LogP contribution in [0.2, 0.25) is 0 Å². The molecule has 0 aliphatic heterocycles. The number of fused-ring (bicyclic) bond motifs is 1. The molecule has 0 saturated carbocycles. The number of aryl methyl sites for hydroxylation is 2. The summed E-state index contributed by atoms with van der Waals surface area (Å²) < 4.78 is 7.22. The lowest BCUT2D eigenvalue weighted by Crippen LogP contribution is -2.13. The van der Waals surface area contributed by atoms with Crippen molar-refractivity contribution in [2.75, 3.05) is 7.05 Å². The molecule has 2 aromatic carbocycles. The van der Waals surface area contributed by atoms with Gasteiger partial charge in [-0.25, -0.2) is 0 Å². The zero-order valence-electron chi connectivity index (χ0n) is 12.4. The second kappa shape index (κ2) is 6.20. The molecule has 2 nitrogen and oxygen atoms in total. The summed E-state index contributed by atoms with van der Waals surface area (Å²) in [6.45, 7) is 2.14. The second-order valence-corrected chi connectivity index (χ2v) is 6.49. The van der Waals surface area contributed by atoms with Gasteiger partial charge in [0.2, 0.25) is 0 Å². The van der Waals surface area contributed by atoms with Crippen LogP contribution in [-0.4, -0.2) is 7.05 Å². The molecule has 3 rings (SSSR count). The van der Waals surface area contributed by atoms with Gasteiger partial charge in [0.25, 0.3) is 0 Å². The molecule has 3 heteroatoms. The van der Waals surface area contributed by atoms with Gasteiger partial charge in [-0.15, -0.1) is 0 Å². The van der Waals surface area contributed by atoms with E-state index < -0.39 is 0 Å². The van der Waals surface area contributed by atoms with E-state index in [0.717, 1.165) is 21.5 Å². The fourth-order valence-corrected chi connectivity index (χ4v) is 3.22. The van der Waals surface area contributed by atoms with E-state index in [2.05, 4.69) is 52.4 Å². The topological polar surface area (TPSA) is 21.3 Å². The molecule has 1 unspecified atom stereocenters. The van der Waals surface area contributed by atoms with E-state index in [9.17, 15) is 0 Å². The van der Waals surface area contributed by atoms with Gasteiger partial charge in [0.1, 0.15) is 11.5 Å². The van der Waals surface area contributed by atoms with E-state index in [4.69, 9.17) is 4.74 Å². The van der Waals surface area contributed by atoms with Crippen LogP contribution in [0.3, 0.4) is 0 Å². The quantitative estimate of drug-likeness (QED) is 0.840. The van der Waals surface area contributed by atoms with E-state index in [0.29, 0.717) is 0 Å². The van der Waals surface area contributed by atoms with Crippen LogP contribution in [-0.2, 0) is 12.8 Å². The van der Waals surface area contributed by atoms with Crippen LogP contribution in [0.15, 0.2) is 40.9 Å². The molecular formula is C18H20BrNO. The predicted octanol–water partition coefficient (Wildman–Crippen LogP) is 5.01. The van der Waals surface area contributed by atoms with Crippen LogP contribution in [0, 0.1) is 0 Å². The molecule has 2 aromatic rings. The third-order valence-electron chi connectivity index (χ3n) is 4.17. The summed E-state index contributed by atoms with van der Waals surface area (Å²) in [5.74, 6) is 1.85. The maximum Gasteiger partial charge on any atom is 0.132 e. The molecule has 0 heterocycles. The number of halogens is 1. The Hall–Kier alpha value is -1.32. The highest BCUT2D eigenvalue weighted by atomic mass is 79.9. The number of hydrogen-bond acceptors (Lipinski definition) is 2. The lowest BCUT2D eigenvalue weighted by Gasteiger charge is -2.17. The van der Waals surface area contributed by atoms with Crippen molar-refractivity contribution in [2.45, 2.75) is 32.2 Å². The Morgan fingerprint density at radius 1 is 1.10 bits per heavy atom. The Bertz CT molecular complexity index is 654. The van der Waals surface area contributed by atoms with E-state index in [1.54, 1.807) is 0 Å². The van der Waals surface area contributed by atoms with Gasteiger partial charge in [-0.3, -0.25) is 0 Å². The van der Waals surface area contributed by atoms with Crippen molar-refractivity contribution in [3.8, 4) is 11.5 Å². The van der Waals surface area contributed by atoms with Crippen LogP contribution in [0.4, 0.5) is 0 Å². The van der Waals surface area contributed by atoms with Crippen molar-refractivity contribution < 1.29 is 4.74 Å². The van der Waals surface area contributed by atoms with Gasteiger partial charge >= 0.3 is 0 Å². The first-order valence-electron chi connectivity index (χ1n) is 7.44. The largest absolute Gasteiger partial charge is 0.457 e. The van der Waals surface area contributed by atoms with Crippen LogP contribution in [0.25, 0.3) is 0 Å². The van der Waals surface area contributed by atoms with Gasteiger partial charge < -0.3 is 10.1 Å². The molecule has 1 atom stereocenters. The van der Waals surface area contributed by atoms with Gasteiger partial charge in [-0.1, -0.05) is 22.0 Å². The van der Waals surface area contributed by atoms with Crippen molar-refractivity contribution in [1.82, 2.24) is 5.32 Å². The number of ether oxygens (including phenoxy) is 1. The molecule has 1 N–H and O–H groups in total. The van der Waals surface area contributed by atoms with E-state index >= 15 is 0 Å². The first-order chi connectivity index (χ1) is 10.2. The highest BCUT2D eigenvalue weighted by molar-refractivity contribution is 9.10. The normalized spacial score (nSPS) is 14.8. The summed E-state index contributed by atoms with van der Waals surface area (Å²) in [6.07, 6.45) is 3.64. The lowest BCUT2D eigenvalue weighted by atomic mass is 10.1. The summed E-state index contributed by atoms with van der Waals surface area (Å²) in [4.78, 5) is 0. The lowest BCUT2D eigenvalue weighted by molar-refractivity contribution is 0.465. The van der Waals surface area contributed by atoms with Gasteiger partial charge in [0, 0.05) is 16.1 Å². The predicted molar refractivity (Wildman–Crippen MR) is 90.2 cm³/mol. The maximum atomic E-state index is 6.15. The van der Waals surface area contributed by atoms with Crippen molar-refractivity contribution in [2.24, 2.45) is 0 Å². The summed E-state index contributed by atoms with van der Waals surface area (Å²) >= 11 is 3.54. The van der Waals surface area contributed by atoms with Crippen LogP contribution >= 0.6 is 15.9 Å². The molecule has 1 aliphatic carbocycles. The third-order valence-corrected chi connectivity index (χ3v) is 4.66. The first kappa shape index (κ1) is 14.6. The van der Waals surface area contributed by atoms with Crippen molar-refractivity contribution in [3.05, 3.63) is 57.6 Å². The molecule has 0 bridgehead atoms. The van der Waals surface area contributed by atoms with Crippen molar-refractivity contribution in [3.63, 3.8) is 0 Å². The van der Waals surface area contributed by atoms with E-state index in [-0.39, 0.29) is 6.04 Å². The minimum atomic E-state index is 0.243. The van der Waals surface area contributed by atoms with Crippen LogP contribution in [0.5, 0.6) is 11.5 Å². The molecule has 0 amide bonds. The Balaban J connectivity index is 1.91. The van der Waals surface area contributed by atoms with E-state index in [1.807, 2.05) is 19.2 Å². The zero-order chi connectivity index (χ0) is 14.8. The molecule has 0 saturated heterocycles. The summed E-state index contributed by atoms with van der Waals surface area (Å²) in [5.41, 5.74) is 4.07. The summed E-state index contributed by atoms with van der Waals surface area (Å²) in [5, 5.41) is 3.28. The SMILES string of the molecule is CNC(C)c1cc(Br)ccc1Oc1ccc2c(c1)CCC2. The van der Waals surface area contributed by atoms with Gasteiger partial charge in [0.05, 0.1) is 0 Å². The van der Waals surface area contributed by atoms with E-state index in [1.165, 1.54) is 30.4 Å². The van der Waals surface area contributed by atoms with Crippen molar-refractivity contribution in [1.29, 1.82) is 0 Å². The summed E-state index contributed by atoms with van der Waals surface area (Å²) in [6, 6.07) is 12.9. The van der Waals surface area contributed by atoms with Gasteiger partial charge in [-0.2, -0.15) is 0 Å². The van der Waals surface area contributed by atoms with Gasteiger partial charge in [0.15, 0.2) is 0 Å².